The summed E-state index contributed by atoms with van der Waals surface area (Å²) in [4.78, 5) is 4.38. The molecule has 2 aromatic carbocycles. The second-order valence-corrected chi connectivity index (χ2v) is 5.62. The van der Waals surface area contributed by atoms with Gasteiger partial charge in [-0.2, -0.15) is 0 Å². The minimum absolute atomic E-state index is 0.0586. The fourth-order valence-electron chi connectivity index (χ4n) is 1.78. The number of aliphatic imine (C=N–C) groups is 1. The van der Waals surface area contributed by atoms with E-state index < -0.39 is 0 Å². The number of aromatic hydroxyl groups is 1. The number of hydrogen-bond donors (Lipinski definition) is 1. The first-order valence-electron chi connectivity index (χ1n) is 6.39. The Hall–Kier alpha value is -2.09. The van der Waals surface area contributed by atoms with Crippen molar-refractivity contribution >= 4 is 11.9 Å². The first-order chi connectivity index (χ1) is 8.97. The van der Waals surface area contributed by atoms with Crippen LogP contribution in [0.1, 0.15) is 31.9 Å². The van der Waals surface area contributed by atoms with E-state index in [1.165, 1.54) is 5.56 Å². The molecule has 0 aliphatic heterocycles. The number of phenolic OH excluding ortho intramolecular Hbond substituents is 1. The first kappa shape index (κ1) is 13.3. The van der Waals surface area contributed by atoms with Crippen molar-refractivity contribution in [3.63, 3.8) is 0 Å². The van der Waals surface area contributed by atoms with Gasteiger partial charge in [-0.15, -0.1) is 0 Å². The van der Waals surface area contributed by atoms with Crippen molar-refractivity contribution in [1.82, 2.24) is 0 Å². The second kappa shape index (κ2) is 5.27. The van der Waals surface area contributed by atoms with Gasteiger partial charge in [0.2, 0.25) is 0 Å². The van der Waals surface area contributed by atoms with E-state index >= 15 is 0 Å². The Morgan fingerprint density at radius 3 is 2.32 bits per heavy atom. The zero-order chi connectivity index (χ0) is 13.9. The van der Waals surface area contributed by atoms with Gasteiger partial charge in [0.25, 0.3) is 0 Å². The summed E-state index contributed by atoms with van der Waals surface area (Å²) >= 11 is 0. The van der Waals surface area contributed by atoms with E-state index in [1.807, 2.05) is 42.5 Å². The smallest absolute Gasteiger partial charge is 0.124 e. The number of hydrogen-bond acceptors (Lipinski definition) is 2. The summed E-state index contributed by atoms with van der Waals surface area (Å²) in [5.74, 6) is 0.257. The van der Waals surface area contributed by atoms with E-state index in [0.29, 0.717) is 0 Å². The van der Waals surface area contributed by atoms with E-state index in [9.17, 15) is 5.11 Å². The Morgan fingerprint density at radius 1 is 1.00 bits per heavy atom. The lowest BCUT2D eigenvalue weighted by molar-refractivity contribution is 0.473. The van der Waals surface area contributed by atoms with Crippen LogP contribution in [-0.2, 0) is 5.41 Å². The van der Waals surface area contributed by atoms with Gasteiger partial charge in [0.15, 0.2) is 0 Å². The van der Waals surface area contributed by atoms with Gasteiger partial charge < -0.3 is 5.11 Å². The summed E-state index contributed by atoms with van der Waals surface area (Å²) < 4.78 is 0. The molecule has 0 fully saturated rings. The number of phenols is 1. The van der Waals surface area contributed by atoms with E-state index in [0.717, 1.165) is 11.3 Å². The Morgan fingerprint density at radius 2 is 1.68 bits per heavy atom. The highest BCUT2D eigenvalue weighted by Crippen LogP contribution is 2.26. The van der Waals surface area contributed by atoms with Gasteiger partial charge in [-0.25, -0.2) is 0 Å². The van der Waals surface area contributed by atoms with Crippen LogP contribution in [0.2, 0.25) is 0 Å². The van der Waals surface area contributed by atoms with E-state index in [4.69, 9.17) is 0 Å². The maximum Gasteiger partial charge on any atom is 0.124 e. The van der Waals surface area contributed by atoms with Crippen LogP contribution in [0.25, 0.3) is 0 Å². The van der Waals surface area contributed by atoms with Gasteiger partial charge in [0.1, 0.15) is 5.75 Å². The second-order valence-electron chi connectivity index (χ2n) is 5.62. The van der Waals surface area contributed by atoms with Crippen LogP contribution < -0.4 is 0 Å². The van der Waals surface area contributed by atoms with Crippen LogP contribution in [0.3, 0.4) is 0 Å². The molecule has 0 aliphatic rings. The van der Waals surface area contributed by atoms with Crippen LogP contribution >= 0.6 is 0 Å². The molecule has 0 unspecified atom stereocenters. The summed E-state index contributed by atoms with van der Waals surface area (Å²) in [5, 5.41) is 9.89. The van der Waals surface area contributed by atoms with E-state index in [1.54, 1.807) is 12.3 Å². The molecule has 0 amide bonds. The van der Waals surface area contributed by atoms with Gasteiger partial charge in [-0.1, -0.05) is 45.0 Å². The number of nitrogens with zero attached hydrogens (tertiary/aromatic N) is 1. The van der Waals surface area contributed by atoms with Crippen LogP contribution in [0.4, 0.5) is 5.69 Å². The predicted octanol–water partition coefficient (Wildman–Crippen LogP) is 4.44. The van der Waals surface area contributed by atoms with Crippen LogP contribution in [0.5, 0.6) is 5.75 Å². The summed E-state index contributed by atoms with van der Waals surface area (Å²) in [6, 6.07) is 15.4. The SMILES string of the molecule is CC(C)(C)c1ccc(O)c(C=Nc2ccccc2)c1. The Balaban J connectivity index is 2.32. The lowest BCUT2D eigenvalue weighted by atomic mass is 9.86. The Labute approximate surface area is 114 Å². The molecule has 98 valence electrons. The summed E-state index contributed by atoms with van der Waals surface area (Å²) in [5.41, 5.74) is 2.86. The van der Waals surface area contributed by atoms with Gasteiger partial charge in [0, 0.05) is 11.8 Å². The summed E-state index contributed by atoms with van der Waals surface area (Å²) in [6.07, 6.45) is 1.71. The van der Waals surface area contributed by atoms with Gasteiger partial charge in [-0.3, -0.25) is 4.99 Å². The molecule has 2 aromatic rings. The van der Waals surface area contributed by atoms with Crippen molar-refractivity contribution in [2.75, 3.05) is 0 Å². The maximum atomic E-state index is 9.89. The molecule has 0 aromatic heterocycles. The van der Waals surface area contributed by atoms with E-state index in [2.05, 4.69) is 25.8 Å². The molecule has 0 saturated carbocycles. The third-order valence-corrected chi connectivity index (χ3v) is 3.00. The number of para-hydroxylation sites is 1. The van der Waals surface area contributed by atoms with Crippen molar-refractivity contribution in [2.45, 2.75) is 26.2 Å². The third-order valence-electron chi connectivity index (χ3n) is 3.00. The molecule has 19 heavy (non-hydrogen) atoms. The number of rotatable bonds is 2. The molecule has 2 nitrogen and oxygen atoms in total. The number of benzene rings is 2. The molecule has 0 spiro atoms. The standard InChI is InChI=1S/C17H19NO/c1-17(2,3)14-9-10-16(19)13(11-14)12-18-15-7-5-4-6-8-15/h4-12,19H,1-3H3. The van der Waals surface area contributed by atoms with Crippen molar-refractivity contribution in [3.05, 3.63) is 59.7 Å². The molecule has 1 N–H and O–H groups in total. The van der Waals surface area contributed by atoms with Gasteiger partial charge >= 0.3 is 0 Å². The maximum absolute atomic E-state index is 9.89. The monoisotopic (exact) mass is 253 g/mol. The fraction of sp³-hybridized carbons (Fsp3) is 0.235. The molecule has 0 heterocycles. The fourth-order valence-corrected chi connectivity index (χ4v) is 1.78. The average molecular weight is 253 g/mol. The van der Waals surface area contributed by atoms with E-state index in [-0.39, 0.29) is 11.2 Å². The minimum Gasteiger partial charge on any atom is -0.507 e. The highest BCUT2D eigenvalue weighted by molar-refractivity contribution is 5.85. The highest BCUT2D eigenvalue weighted by atomic mass is 16.3. The Bertz CT molecular complexity index is 580. The van der Waals surface area contributed by atoms with Crippen molar-refractivity contribution < 1.29 is 5.11 Å². The van der Waals surface area contributed by atoms with Gasteiger partial charge in [-0.05, 0) is 35.2 Å². The summed E-state index contributed by atoms with van der Waals surface area (Å²) in [6.45, 7) is 6.45. The van der Waals surface area contributed by atoms with Crippen molar-refractivity contribution in [1.29, 1.82) is 0 Å². The molecule has 2 rings (SSSR count). The zero-order valence-corrected chi connectivity index (χ0v) is 11.6. The lowest BCUT2D eigenvalue weighted by Gasteiger charge is -2.19. The Kier molecular flexibility index (Phi) is 3.70. The lowest BCUT2D eigenvalue weighted by Crippen LogP contribution is -2.11. The first-order valence-corrected chi connectivity index (χ1v) is 6.39. The van der Waals surface area contributed by atoms with Crippen molar-refractivity contribution in [3.8, 4) is 5.75 Å². The topological polar surface area (TPSA) is 32.6 Å². The minimum atomic E-state index is 0.0586. The average Bonchev–Trinajstić information content (AvgIpc) is 2.37. The highest BCUT2D eigenvalue weighted by Gasteiger charge is 2.14. The molecule has 0 aliphatic carbocycles. The zero-order valence-electron chi connectivity index (χ0n) is 11.6. The van der Waals surface area contributed by atoms with Gasteiger partial charge in [0.05, 0.1) is 5.69 Å². The molecule has 0 radical (unpaired) electrons. The molecular formula is C17H19NO. The summed E-state index contributed by atoms with van der Waals surface area (Å²) in [7, 11) is 0. The van der Waals surface area contributed by atoms with Crippen LogP contribution in [-0.4, -0.2) is 11.3 Å². The van der Waals surface area contributed by atoms with Crippen LogP contribution in [0.15, 0.2) is 53.5 Å². The largest absolute Gasteiger partial charge is 0.507 e. The van der Waals surface area contributed by atoms with Crippen molar-refractivity contribution in [2.24, 2.45) is 4.99 Å². The molecule has 0 saturated heterocycles. The quantitative estimate of drug-likeness (QED) is 0.788. The molecular weight excluding hydrogens is 234 g/mol. The third kappa shape index (κ3) is 3.44. The molecule has 0 bridgehead atoms. The normalized spacial score (nSPS) is 11.9. The predicted molar refractivity (Wildman–Crippen MR) is 80.5 cm³/mol. The molecule has 0 atom stereocenters. The molecule has 2 heteroatoms. The van der Waals surface area contributed by atoms with Crippen LogP contribution in [0, 0.1) is 0 Å².